The average Bonchev–Trinajstić information content (AvgIpc) is 3.05. The number of carbonyl (C=O) groups excluding carboxylic acids is 2. The van der Waals surface area contributed by atoms with Crippen LogP contribution in [-0.4, -0.2) is 25.0 Å². The van der Waals surface area contributed by atoms with Gasteiger partial charge in [0.1, 0.15) is 5.75 Å². The van der Waals surface area contributed by atoms with Crippen LogP contribution < -0.4 is 15.4 Å². The summed E-state index contributed by atoms with van der Waals surface area (Å²) in [6.45, 7) is 3.15. The number of amides is 2. The van der Waals surface area contributed by atoms with E-state index < -0.39 is 0 Å². The van der Waals surface area contributed by atoms with E-state index in [1.165, 1.54) is 11.3 Å². The van der Waals surface area contributed by atoms with Gasteiger partial charge in [0.15, 0.2) is 0 Å². The van der Waals surface area contributed by atoms with Crippen LogP contribution in [0.5, 0.6) is 5.75 Å². The van der Waals surface area contributed by atoms with Gasteiger partial charge >= 0.3 is 0 Å². The Morgan fingerprint density at radius 2 is 2.04 bits per heavy atom. The minimum atomic E-state index is -0.253. The molecule has 25 heavy (non-hydrogen) atoms. The summed E-state index contributed by atoms with van der Waals surface area (Å²) >= 11 is 4.63. The van der Waals surface area contributed by atoms with Crippen LogP contribution in [0.3, 0.4) is 0 Å². The zero-order chi connectivity index (χ0) is 18.1. The lowest BCUT2D eigenvalue weighted by molar-refractivity contribution is -0.120. The molecule has 0 saturated heterocycles. The largest absolute Gasteiger partial charge is 0.494 e. The van der Waals surface area contributed by atoms with Crippen LogP contribution in [0.2, 0.25) is 0 Å². The quantitative estimate of drug-likeness (QED) is 0.602. The molecule has 5 nitrogen and oxygen atoms in total. The normalized spacial score (nSPS) is 10.3. The molecule has 2 amide bonds. The maximum absolute atomic E-state index is 11.9. The number of hydrogen-bond donors (Lipinski definition) is 2. The Morgan fingerprint density at radius 1 is 1.20 bits per heavy atom. The molecule has 1 aromatic heterocycles. The fraction of sp³-hybridized carbons (Fsp3) is 0.333. The van der Waals surface area contributed by atoms with E-state index >= 15 is 0 Å². The van der Waals surface area contributed by atoms with Gasteiger partial charge in [0.05, 0.1) is 21.8 Å². The third kappa shape index (κ3) is 6.88. The number of rotatable bonds is 9. The van der Waals surface area contributed by atoms with E-state index in [0.29, 0.717) is 18.0 Å². The van der Waals surface area contributed by atoms with Gasteiger partial charge in [-0.2, -0.15) is 0 Å². The van der Waals surface area contributed by atoms with E-state index in [2.05, 4.69) is 33.5 Å². The summed E-state index contributed by atoms with van der Waals surface area (Å²) in [7, 11) is 0. The molecule has 0 aliphatic carbocycles. The van der Waals surface area contributed by atoms with Gasteiger partial charge < -0.3 is 15.4 Å². The minimum Gasteiger partial charge on any atom is -0.494 e. The lowest BCUT2D eigenvalue weighted by Gasteiger charge is -2.09. The molecule has 7 heteroatoms. The SMILES string of the molecule is CCCCOc1cccc(CNC(=O)CNC(=O)c2ccc(Br)s2)c1. The van der Waals surface area contributed by atoms with Gasteiger partial charge in [-0.3, -0.25) is 9.59 Å². The van der Waals surface area contributed by atoms with E-state index in [1.807, 2.05) is 24.3 Å². The molecular formula is C18H21BrN2O3S. The molecule has 0 aliphatic heterocycles. The summed E-state index contributed by atoms with van der Waals surface area (Å²) in [6.07, 6.45) is 2.10. The van der Waals surface area contributed by atoms with Crippen molar-refractivity contribution in [2.24, 2.45) is 0 Å². The smallest absolute Gasteiger partial charge is 0.261 e. The van der Waals surface area contributed by atoms with Crippen molar-refractivity contribution >= 4 is 39.1 Å². The zero-order valence-electron chi connectivity index (χ0n) is 14.0. The Bertz CT molecular complexity index is 718. The molecule has 1 heterocycles. The summed E-state index contributed by atoms with van der Waals surface area (Å²) in [6, 6.07) is 11.2. The van der Waals surface area contributed by atoms with Crippen LogP contribution in [0.25, 0.3) is 0 Å². The molecule has 0 bridgehead atoms. The molecule has 2 aromatic rings. The standard InChI is InChI=1S/C18H21BrN2O3S/c1-2-3-9-24-14-6-4-5-13(10-14)11-20-17(22)12-21-18(23)15-7-8-16(19)25-15/h4-8,10H,2-3,9,11-12H2,1H3,(H,20,22)(H,21,23). The molecule has 0 aliphatic rings. The Balaban J connectivity index is 1.74. The van der Waals surface area contributed by atoms with Crippen LogP contribution in [0.4, 0.5) is 0 Å². The van der Waals surface area contributed by atoms with Crippen molar-refractivity contribution in [3.63, 3.8) is 0 Å². The topological polar surface area (TPSA) is 67.4 Å². The first-order chi connectivity index (χ1) is 12.1. The first-order valence-electron chi connectivity index (χ1n) is 8.10. The molecule has 2 rings (SSSR count). The van der Waals surface area contributed by atoms with E-state index in [4.69, 9.17) is 4.74 Å². The highest BCUT2D eigenvalue weighted by Crippen LogP contribution is 2.21. The Hall–Kier alpha value is -1.86. The van der Waals surface area contributed by atoms with Crippen molar-refractivity contribution in [2.45, 2.75) is 26.3 Å². The summed E-state index contributed by atoms with van der Waals surface area (Å²) in [5, 5.41) is 5.40. The van der Waals surface area contributed by atoms with Gasteiger partial charge in [-0.25, -0.2) is 0 Å². The Morgan fingerprint density at radius 3 is 2.76 bits per heavy atom. The lowest BCUT2D eigenvalue weighted by Crippen LogP contribution is -2.36. The second-order valence-electron chi connectivity index (χ2n) is 5.41. The van der Waals surface area contributed by atoms with Crippen LogP contribution in [0, 0.1) is 0 Å². The number of ether oxygens (including phenoxy) is 1. The maximum Gasteiger partial charge on any atom is 0.261 e. The van der Waals surface area contributed by atoms with E-state index in [1.54, 1.807) is 12.1 Å². The molecule has 2 N–H and O–H groups in total. The highest BCUT2D eigenvalue weighted by atomic mass is 79.9. The van der Waals surface area contributed by atoms with Gasteiger partial charge in [-0.15, -0.1) is 11.3 Å². The summed E-state index contributed by atoms with van der Waals surface area (Å²) in [5.74, 6) is 0.315. The van der Waals surface area contributed by atoms with Gasteiger partial charge in [-0.05, 0) is 52.2 Å². The van der Waals surface area contributed by atoms with E-state index in [0.717, 1.165) is 27.9 Å². The number of hydrogen-bond acceptors (Lipinski definition) is 4. The molecule has 0 saturated carbocycles. The molecule has 0 radical (unpaired) electrons. The first kappa shape index (κ1) is 19.5. The average molecular weight is 425 g/mol. The van der Waals surface area contributed by atoms with Crippen molar-refractivity contribution in [2.75, 3.05) is 13.2 Å². The van der Waals surface area contributed by atoms with Crippen LogP contribution >= 0.6 is 27.3 Å². The second-order valence-corrected chi connectivity index (χ2v) is 7.88. The minimum absolute atomic E-state index is 0.0545. The lowest BCUT2D eigenvalue weighted by atomic mass is 10.2. The van der Waals surface area contributed by atoms with Gasteiger partial charge in [0.25, 0.3) is 5.91 Å². The number of unbranched alkanes of at least 4 members (excludes halogenated alkanes) is 1. The number of benzene rings is 1. The van der Waals surface area contributed by atoms with Crippen molar-refractivity contribution in [3.8, 4) is 5.75 Å². The van der Waals surface area contributed by atoms with E-state index in [-0.39, 0.29) is 18.4 Å². The van der Waals surface area contributed by atoms with Gasteiger partial charge in [0, 0.05) is 6.54 Å². The molecule has 0 atom stereocenters. The van der Waals surface area contributed by atoms with Crippen molar-refractivity contribution < 1.29 is 14.3 Å². The third-order valence-corrected chi connectivity index (χ3v) is 4.98. The van der Waals surface area contributed by atoms with Crippen molar-refractivity contribution in [1.29, 1.82) is 0 Å². The number of halogens is 1. The predicted octanol–water partition coefficient (Wildman–Crippen LogP) is 3.74. The number of thiophene rings is 1. The van der Waals surface area contributed by atoms with E-state index in [9.17, 15) is 9.59 Å². The van der Waals surface area contributed by atoms with Gasteiger partial charge in [-0.1, -0.05) is 25.5 Å². The Kier molecular flexibility index (Phi) is 7.94. The highest BCUT2D eigenvalue weighted by Gasteiger charge is 2.10. The monoisotopic (exact) mass is 424 g/mol. The molecule has 0 fully saturated rings. The second kappa shape index (κ2) is 10.2. The molecule has 1 aromatic carbocycles. The summed E-state index contributed by atoms with van der Waals surface area (Å²) in [5.41, 5.74) is 0.955. The fourth-order valence-corrected chi connectivity index (χ4v) is 3.33. The van der Waals surface area contributed by atoms with Crippen LogP contribution in [-0.2, 0) is 11.3 Å². The molecule has 134 valence electrons. The van der Waals surface area contributed by atoms with Crippen molar-refractivity contribution in [1.82, 2.24) is 10.6 Å². The van der Waals surface area contributed by atoms with Crippen LogP contribution in [0.15, 0.2) is 40.2 Å². The molecular weight excluding hydrogens is 404 g/mol. The summed E-state index contributed by atoms with van der Waals surface area (Å²) in [4.78, 5) is 24.3. The summed E-state index contributed by atoms with van der Waals surface area (Å²) < 4.78 is 6.53. The number of carbonyl (C=O) groups is 2. The van der Waals surface area contributed by atoms with Crippen LogP contribution in [0.1, 0.15) is 35.0 Å². The van der Waals surface area contributed by atoms with Crippen molar-refractivity contribution in [3.05, 3.63) is 50.6 Å². The zero-order valence-corrected chi connectivity index (χ0v) is 16.4. The number of nitrogens with one attached hydrogen (secondary N) is 2. The Labute approximate surface area is 159 Å². The molecule has 0 unspecified atom stereocenters. The maximum atomic E-state index is 11.9. The fourth-order valence-electron chi connectivity index (χ4n) is 2.03. The first-order valence-corrected chi connectivity index (χ1v) is 9.71. The molecule has 0 spiro atoms. The third-order valence-electron chi connectivity index (χ3n) is 3.36. The highest BCUT2D eigenvalue weighted by molar-refractivity contribution is 9.11. The predicted molar refractivity (Wildman–Crippen MR) is 103 cm³/mol. The van der Waals surface area contributed by atoms with Gasteiger partial charge in [0.2, 0.25) is 5.91 Å².